The molecule has 1 aliphatic rings. The highest BCUT2D eigenvalue weighted by Gasteiger charge is 2.34. The number of rotatable bonds is 12. The molecule has 0 saturated heterocycles. The Morgan fingerprint density at radius 2 is 1.26 bits per heavy atom. The third-order valence-electron chi connectivity index (χ3n) is 5.56. The third-order valence-corrected chi connectivity index (χ3v) is 6.25. The van der Waals surface area contributed by atoms with Crippen molar-refractivity contribution in [3.63, 3.8) is 0 Å². The number of nitrogens with zero attached hydrogens (tertiary/aromatic N) is 1. The van der Waals surface area contributed by atoms with Gasteiger partial charge in [-0.25, -0.2) is 0 Å². The van der Waals surface area contributed by atoms with Gasteiger partial charge in [-0.2, -0.15) is 0 Å². The first kappa shape index (κ1) is 23.2. The Hall–Kier alpha value is -2.47. The molecule has 3 amide bonds. The van der Waals surface area contributed by atoms with Crippen LogP contribution in [0.25, 0.3) is 0 Å². The lowest BCUT2D eigenvalue weighted by Crippen LogP contribution is -2.30. The summed E-state index contributed by atoms with van der Waals surface area (Å²) in [5.74, 6) is -0.270. The molecule has 0 bridgehead atoms. The van der Waals surface area contributed by atoms with E-state index in [9.17, 15) is 14.4 Å². The van der Waals surface area contributed by atoms with Crippen molar-refractivity contribution in [2.45, 2.75) is 57.8 Å². The van der Waals surface area contributed by atoms with Crippen LogP contribution < -0.4 is 5.32 Å². The normalized spacial score (nSPS) is 12.9. The molecule has 0 atom stereocenters. The van der Waals surface area contributed by atoms with Gasteiger partial charge in [-0.1, -0.05) is 62.8 Å². The Kier molecular flexibility index (Phi) is 8.83. The molecule has 0 radical (unpaired) electrons. The monoisotopic (exact) mass is 484 g/mol. The smallest absolute Gasteiger partial charge is 0.261 e. The number of hydrogen-bond donors (Lipinski definition) is 1. The number of carbonyl (C=O) groups is 3. The minimum Gasteiger partial charge on any atom is -0.325 e. The second-order valence-corrected chi connectivity index (χ2v) is 8.77. The molecule has 2 aromatic rings. The molecular formula is C25H29BrN2O3. The average Bonchev–Trinajstić information content (AvgIpc) is 3.01. The number of amides is 3. The highest BCUT2D eigenvalue weighted by Crippen LogP contribution is 2.23. The zero-order valence-electron chi connectivity index (χ0n) is 17.7. The van der Waals surface area contributed by atoms with E-state index >= 15 is 0 Å². The molecule has 0 aliphatic carbocycles. The molecule has 1 heterocycles. The first-order chi connectivity index (χ1) is 15.1. The second kappa shape index (κ2) is 11.8. The molecule has 1 aliphatic heterocycles. The first-order valence-corrected chi connectivity index (χ1v) is 11.9. The van der Waals surface area contributed by atoms with Crippen molar-refractivity contribution in [3.8, 4) is 0 Å². The molecule has 0 saturated carbocycles. The van der Waals surface area contributed by atoms with E-state index in [4.69, 9.17) is 0 Å². The Morgan fingerprint density at radius 1 is 0.742 bits per heavy atom. The van der Waals surface area contributed by atoms with Crippen molar-refractivity contribution in [2.75, 3.05) is 11.9 Å². The summed E-state index contributed by atoms with van der Waals surface area (Å²) < 4.78 is 0.895. The van der Waals surface area contributed by atoms with Gasteiger partial charge < -0.3 is 5.32 Å². The number of nitrogens with one attached hydrogen (secondary N) is 1. The van der Waals surface area contributed by atoms with E-state index in [1.165, 1.54) is 4.90 Å². The van der Waals surface area contributed by atoms with Gasteiger partial charge in [-0.05, 0) is 53.0 Å². The van der Waals surface area contributed by atoms with E-state index in [0.717, 1.165) is 61.5 Å². The van der Waals surface area contributed by atoms with E-state index in [2.05, 4.69) is 21.2 Å². The number of carbonyl (C=O) groups excluding carboxylic acids is 3. The van der Waals surface area contributed by atoms with Gasteiger partial charge in [0.15, 0.2) is 0 Å². The van der Waals surface area contributed by atoms with Crippen LogP contribution in [0.15, 0.2) is 53.0 Å². The molecule has 0 unspecified atom stereocenters. The summed E-state index contributed by atoms with van der Waals surface area (Å²) in [6, 6.07) is 14.7. The molecule has 1 N–H and O–H groups in total. The van der Waals surface area contributed by atoms with Crippen molar-refractivity contribution in [2.24, 2.45) is 0 Å². The van der Waals surface area contributed by atoms with Gasteiger partial charge in [0.25, 0.3) is 11.8 Å². The Morgan fingerprint density at radius 3 is 1.87 bits per heavy atom. The van der Waals surface area contributed by atoms with Crippen LogP contribution in [0.1, 0.15) is 78.5 Å². The van der Waals surface area contributed by atoms with E-state index in [1.807, 2.05) is 24.3 Å². The fourth-order valence-corrected chi connectivity index (χ4v) is 4.22. The largest absolute Gasteiger partial charge is 0.325 e. The number of anilines is 1. The standard InChI is InChI=1S/C25H29BrN2O3/c26-21-15-10-11-16-22(21)27-23(29)17-7-5-3-1-2-4-6-12-18-28-24(30)19-13-8-9-14-20(19)25(28)31/h8-11,13-16H,1-7,12,17-18H2,(H,27,29). The maximum absolute atomic E-state index is 12.3. The highest BCUT2D eigenvalue weighted by molar-refractivity contribution is 9.10. The van der Waals surface area contributed by atoms with Gasteiger partial charge in [0.1, 0.15) is 0 Å². The lowest BCUT2D eigenvalue weighted by atomic mass is 10.1. The minimum absolute atomic E-state index is 0.0556. The number of benzene rings is 2. The van der Waals surface area contributed by atoms with Crippen molar-refractivity contribution in [1.29, 1.82) is 0 Å². The zero-order valence-corrected chi connectivity index (χ0v) is 19.3. The Labute approximate surface area is 192 Å². The van der Waals surface area contributed by atoms with Crippen molar-refractivity contribution in [1.82, 2.24) is 4.90 Å². The predicted molar refractivity (Wildman–Crippen MR) is 126 cm³/mol. The summed E-state index contributed by atoms with van der Waals surface area (Å²) in [5, 5.41) is 2.93. The Bertz CT molecular complexity index is 893. The van der Waals surface area contributed by atoms with Gasteiger partial charge in [-0.3, -0.25) is 19.3 Å². The van der Waals surface area contributed by atoms with Crippen molar-refractivity contribution < 1.29 is 14.4 Å². The number of unbranched alkanes of at least 4 members (excludes halogenated alkanes) is 7. The van der Waals surface area contributed by atoms with Gasteiger partial charge in [-0.15, -0.1) is 0 Å². The first-order valence-electron chi connectivity index (χ1n) is 11.1. The zero-order chi connectivity index (χ0) is 22.1. The quantitative estimate of drug-likeness (QED) is 0.288. The summed E-state index contributed by atoms with van der Waals surface area (Å²) >= 11 is 3.43. The molecule has 0 spiro atoms. The summed E-state index contributed by atoms with van der Waals surface area (Å²) in [6.45, 7) is 0.499. The van der Waals surface area contributed by atoms with Crippen LogP contribution in [-0.4, -0.2) is 29.2 Å². The number of para-hydroxylation sites is 1. The highest BCUT2D eigenvalue weighted by atomic mass is 79.9. The molecule has 164 valence electrons. The van der Waals surface area contributed by atoms with Crippen LogP contribution in [0.3, 0.4) is 0 Å². The summed E-state index contributed by atoms with van der Waals surface area (Å²) in [6.07, 6.45) is 8.88. The van der Waals surface area contributed by atoms with E-state index in [0.29, 0.717) is 24.1 Å². The van der Waals surface area contributed by atoms with Gasteiger partial charge in [0.2, 0.25) is 5.91 Å². The molecule has 0 aromatic heterocycles. The van der Waals surface area contributed by atoms with Crippen LogP contribution in [0.4, 0.5) is 5.69 Å². The molecule has 31 heavy (non-hydrogen) atoms. The summed E-state index contributed by atoms with van der Waals surface area (Å²) in [7, 11) is 0. The number of imide groups is 1. The van der Waals surface area contributed by atoms with Crippen LogP contribution in [0.2, 0.25) is 0 Å². The Balaban J connectivity index is 1.19. The van der Waals surface area contributed by atoms with E-state index in [1.54, 1.807) is 24.3 Å². The van der Waals surface area contributed by atoms with E-state index in [-0.39, 0.29) is 17.7 Å². The molecule has 3 rings (SSSR count). The lowest BCUT2D eigenvalue weighted by Gasteiger charge is -2.13. The molecule has 5 nitrogen and oxygen atoms in total. The molecule has 0 fully saturated rings. The van der Waals surface area contributed by atoms with Crippen molar-refractivity contribution >= 4 is 39.3 Å². The van der Waals surface area contributed by atoms with Gasteiger partial charge >= 0.3 is 0 Å². The fourth-order valence-electron chi connectivity index (χ4n) is 3.83. The molecule has 2 aromatic carbocycles. The number of halogens is 1. The SMILES string of the molecule is O=C(CCCCCCCCCCN1C(=O)c2ccccc2C1=O)Nc1ccccc1Br. The average molecular weight is 485 g/mol. The summed E-state index contributed by atoms with van der Waals surface area (Å²) in [4.78, 5) is 38.0. The maximum Gasteiger partial charge on any atom is 0.261 e. The fraction of sp³-hybridized carbons (Fsp3) is 0.400. The topological polar surface area (TPSA) is 66.5 Å². The lowest BCUT2D eigenvalue weighted by molar-refractivity contribution is -0.116. The predicted octanol–water partition coefficient (Wildman–Crippen LogP) is 6.19. The van der Waals surface area contributed by atoms with Crippen LogP contribution in [0.5, 0.6) is 0 Å². The number of fused-ring (bicyclic) bond motifs is 1. The van der Waals surface area contributed by atoms with E-state index < -0.39 is 0 Å². The van der Waals surface area contributed by atoms with Crippen molar-refractivity contribution in [3.05, 3.63) is 64.1 Å². The summed E-state index contributed by atoms with van der Waals surface area (Å²) in [5.41, 5.74) is 1.86. The number of hydrogen-bond acceptors (Lipinski definition) is 3. The van der Waals surface area contributed by atoms with Crippen LogP contribution >= 0.6 is 15.9 Å². The minimum atomic E-state index is -0.163. The van der Waals surface area contributed by atoms with Gasteiger partial charge in [0.05, 0.1) is 16.8 Å². The maximum atomic E-state index is 12.3. The van der Waals surface area contributed by atoms with Crippen LogP contribution in [-0.2, 0) is 4.79 Å². The third kappa shape index (κ3) is 6.50. The molecule has 6 heteroatoms. The second-order valence-electron chi connectivity index (χ2n) is 7.91. The van der Waals surface area contributed by atoms with Crippen LogP contribution in [0, 0.1) is 0 Å². The molecular weight excluding hydrogens is 456 g/mol. The van der Waals surface area contributed by atoms with Gasteiger partial charge in [0, 0.05) is 17.4 Å².